The number of rotatable bonds is 2. The zero-order chi connectivity index (χ0) is 12.4. The summed E-state index contributed by atoms with van der Waals surface area (Å²) < 4.78 is 0. The fraction of sp³-hybridized carbons (Fsp3) is 0.733. The summed E-state index contributed by atoms with van der Waals surface area (Å²) in [4.78, 5) is 9.73. The van der Waals surface area contributed by atoms with Gasteiger partial charge in [-0.05, 0) is 19.3 Å². The molecule has 1 fully saturated rings. The maximum absolute atomic E-state index is 4.88. The van der Waals surface area contributed by atoms with Crippen molar-refractivity contribution < 1.29 is 0 Å². The second kappa shape index (κ2) is 5.35. The van der Waals surface area contributed by atoms with E-state index in [1.165, 1.54) is 55.5 Å². The highest BCUT2D eigenvalue weighted by atomic mass is 15.0. The molecule has 1 N–H and O–H groups in total. The van der Waals surface area contributed by atoms with Gasteiger partial charge in [-0.15, -0.1) is 0 Å². The van der Waals surface area contributed by atoms with Gasteiger partial charge in [0, 0.05) is 30.3 Å². The van der Waals surface area contributed by atoms with Crippen molar-refractivity contribution in [1.29, 1.82) is 0 Å². The Balaban J connectivity index is 1.91. The van der Waals surface area contributed by atoms with Gasteiger partial charge in [0.1, 0.15) is 5.82 Å². The Morgan fingerprint density at radius 2 is 1.83 bits per heavy atom. The Kier molecular flexibility index (Phi) is 3.59. The molecule has 98 valence electrons. The highest BCUT2D eigenvalue weighted by Crippen LogP contribution is 2.31. The molecule has 0 amide bonds. The molecule has 3 heteroatoms. The van der Waals surface area contributed by atoms with E-state index >= 15 is 0 Å². The van der Waals surface area contributed by atoms with Crippen LogP contribution in [0.3, 0.4) is 0 Å². The third-order valence-electron chi connectivity index (χ3n) is 4.35. The summed E-state index contributed by atoms with van der Waals surface area (Å²) in [7, 11) is 0. The first-order valence-electron chi connectivity index (χ1n) is 7.47. The van der Waals surface area contributed by atoms with E-state index in [0.717, 1.165) is 25.3 Å². The summed E-state index contributed by atoms with van der Waals surface area (Å²) in [6.45, 7) is 4.10. The van der Waals surface area contributed by atoms with E-state index in [-0.39, 0.29) is 0 Å². The average Bonchev–Trinajstić information content (AvgIpc) is 2.71. The number of hydrogen-bond donors (Lipinski definition) is 1. The van der Waals surface area contributed by atoms with Crippen molar-refractivity contribution in [3.63, 3.8) is 0 Å². The molecule has 18 heavy (non-hydrogen) atoms. The number of nitrogens with one attached hydrogen (secondary N) is 1. The Bertz CT molecular complexity index is 420. The third-order valence-corrected chi connectivity index (χ3v) is 4.35. The van der Waals surface area contributed by atoms with Gasteiger partial charge in [-0.2, -0.15) is 0 Å². The van der Waals surface area contributed by atoms with Crippen molar-refractivity contribution >= 4 is 0 Å². The van der Waals surface area contributed by atoms with Gasteiger partial charge in [-0.3, -0.25) is 0 Å². The van der Waals surface area contributed by atoms with E-state index in [4.69, 9.17) is 9.97 Å². The summed E-state index contributed by atoms with van der Waals surface area (Å²) in [5.74, 6) is 1.75. The highest BCUT2D eigenvalue weighted by Gasteiger charge is 2.22. The van der Waals surface area contributed by atoms with Crippen molar-refractivity contribution in [3.05, 3.63) is 22.8 Å². The van der Waals surface area contributed by atoms with Crippen LogP contribution in [-0.2, 0) is 19.5 Å². The van der Waals surface area contributed by atoms with Gasteiger partial charge in [0.2, 0.25) is 0 Å². The Morgan fingerprint density at radius 3 is 2.56 bits per heavy atom. The molecule has 2 aliphatic rings. The number of hydrogen-bond acceptors (Lipinski definition) is 3. The third kappa shape index (κ3) is 2.28. The molecular formula is C15H23N3. The van der Waals surface area contributed by atoms with Crippen LogP contribution in [0.15, 0.2) is 0 Å². The lowest BCUT2D eigenvalue weighted by molar-refractivity contribution is 0.554. The van der Waals surface area contributed by atoms with Crippen LogP contribution in [0.25, 0.3) is 0 Å². The molecule has 0 bridgehead atoms. The quantitative estimate of drug-likeness (QED) is 0.814. The van der Waals surface area contributed by atoms with Gasteiger partial charge < -0.3 is 5.32 Å². The molecule has 1 aromatic heterocycles. The van der Waals surface area contributed by atoms with Crippen molar-refractivity contribution in [2.75, 3.05) is 0 Å². The molecule has 1 aliphatic heterocycles. The summed E-state index contributed by atoms with van der Waals surface area (Å²) >= 11 is 0. The topological polar surface area (TPSA) is 37.8 Å². The predicted molar refractivity (Wildman–Crippen MR) is 72.4 cm³/mol. The second-order valence-corrected chi connectivity index (χ2v) is 5.60. The van der Waals surface area contributed by atoms with Gasteiger partial charge >= 0.3 is 0 Å². The molecular weight excluding hydrogens is 222 g/mol. The Morgan fingerprint density at radius 1 is 1.06 bits per heavy atom. The van der Waals surface area contributed by atoms with Crippen LogP contribution >= 0.6 is 0 Å². The molecule has 2 heterocycles. The zero-order valence-electron chi connectivity index (χ0n) is 11.3. The first-order valence-corrected chi connectivity index (χ1v) is 7.47. The Labute approximate surface area is 109 Å². The van der Waals surface area contributed by atoms with E-state index in [1.54, 1.807) is 0 Å². The maximum Gasteiger partial charge on any atom is 0.132 e. The second-order valence-electron chi connectivity index (χ2n) is 5.60. The minimum Gasteiger partial charge on any atom is -0.307 e. The van der Waals surface area contributed by atoms with Crippen LogP contribution < -0.4 is 5.32 Å². The monoisotopic (exact) mass is 245 g/mol. The SMILES string of the molecule is CCc1nc(C2CCCCCC2)nc2c1CNC2. The summed E-state index contributed by atoms with van der Waals surface area (Å²) in [5, 5.41) is 3.40. The van der Waals surface area contributed by atoms with E-state index in [1.807, 2.05) is 0 Å². The first-order chi connectivity index (χ1) is 8.88. The van der Waals surface area contributed by atoms with Crippen LogP contribution in [0.2, 0.25) is 0 Å². The standard InChI is InChI=1S/C15H23N3/c1-2-13-12-9-16-10-14(12)18-15(17-13)11-7-5-3-4-6-8-11/h11,16H,2-10H2,1H3. The van der Waals surface area contributed by atoms with Crippen molar-refractivity contribution in [2.45, 2.75) is 70.9 Å². The molecule has 0 aromatic carbocycles. The van der Waals surface area contributed by atoms with Crippen molar-refractivity contribution in [1.82, 2.24) is 15.3 Å². The highest BCUT2D eigenvalue weighted by molar-refractivity contribution is 5.30. The molecule has 1 aromatic rings. The van der Waals surface area contributed by atoms with Gasteiger partial charge in [-0.25, -0.2) is 9.97 Å². The van der Waals surface area contributed by atoms with E-state index < -0.39 is 0 Å². The normalized spacial score (nSPS) is 20.7. The van der Waals surface area contributed by atoms with Gasteiger partial charge in [-0.1, -0.05) is 32.6 Å². The fourth-order valence-electron chi connectivity index (χ4n) is 3.27. The molecule has 0 radical (unpaired) electrons. The first kappa shape index (κ1) is 12.1. The zero-order valence-corrected chi connectivity index (χ0v) is 11.3. The lowest BCUT2D eigenvalue weighted by atomic mass is 9.98. The molecule has 1 aliphatic carbocycles. The Hall–Kier alpha value is -0.960. The smallest absolute Gasteiger partial charge is 0.132 e. The predicted octanol–water partition coefficient (Wildman–Crippen LogP) is 3.08. The average molecular weight is 245 g/mol. The van der Waals surface area contributed by atoms with Crippen molar-refractivity contribution in [2.24, 2.45) is 0 Å². The van der Waals surface area contributed by atoms with Crippen LogP contribution in [0, 0.1) is 0 Å². The minimum absolute atomic E-state index is 0.615. The van der Waals surface area contributed by atoms with E-state index in [9.17, 15) is 0 Å². The lowest BCUT2D eigenvalue weighted by Crippen LogP contribution is -2.10. The summed E-state index contributed by atoms with van der Waals surface area (Å²) in [5.41, 5.74) is 3.92. The van der Waals surface area contributed by atoms with Crippen molar-refractivity contribution in [3.8, 4) is 0 Å². The minimum atomic E-state index is 0.615. The van der Waals surface area contributed by atoms with Crippen LogP contribution in [0.4, 0.5) is 0 Å². The van der Waals surface area contributed by atoms with Crippen LogP contribution in [0.1, 0.15) is 74.1 Å². The largest absolute Gasteiger partial charge is 0.307 e. The van der Waals surface area contributed by atoms with Crippen LogP contribution in [-0.4, -0.2) is 9.97 Å². The summed E-state index contributed by atoms with van der Waals surface area (Å²) in [6.07, 6.45) is 9.10. The maximum atomic E-state index is 4.88. The van der Waals surface area contributed by atoms with Crippen LogP contribution in [0.5, 0.6) is 0 Å². The molecule has 0 spiro atoms. The molecule has 0 atom stereocenters. The fourth-order valence-corrected chi connectivity index (χ4v) is 3.27. The molecule has 0 unspecified atom stereocenters. The van der Waals surface area contributed by atoms with E-state index in [0.29, 0.717) is 5.92 Å². The van der Waals surface area contributed by atoms with Gasteiger partial charge in [0.15, 0.2) is 0 Å². The number of fused-ring (bicyclic) bond motifs is 1. The van der Waals surface area contributed by atoms with E-state index in [2.05, 4.69) is 12.2 Å². The van der Waals surface area contributed by atoms with Gasteiger partial charge in [0.05, 0.1) is 5.69 Å². The number of nitrogens with zero attached hydrogens (tertiary/aromatic N) is 2. The lowest BCUT2D eigenvalue weighted by Gasteiger charge is -2.15. The molecule has 0 saturated heterocycles. The summed E-state index contributed by atoms with van der Waals surface area (Å²) in [6, 6.07) is 0. The molecule has 3 nitrogen and oxygen atoms in total. The molecule has 1 saturated carbocycles. The molecule has 3 rings (SSSR count). The van der Waals surface area contributed by atoms with Gasteiger partial charge in [0.25, 0.3) is 0 Å². The number of aryl methyl sites for hydroxylation is 1. The number of aromatic nitrogens is 2.